The predicted octanol–water partition coefficient (Wildman–Crippen LogP) is 3.55. The summed E-state index contributed by atoms with van der Waals surface area (Å²) in [6.07, 6.45) is 1.29. The van der Waals surface area contributed by atoms with E-state index in [0.29, 0.717) is 13.2 Å². The molecule has 0 fully saturated rings. The van der Waals surface area contributed by atoms with Crippen molar-refractivity contribution in [2.75, 3.05) is 18.1 Å². The van der Waals surface area contributed by atoms with E-state index in [1.54, 1.807) is 4.90 Å². The largest absolute Gasteiger partial charge is 0.475 e. The fraction of sp³-hybridized carbons (Fsp3) is 0.267. The number of amides is 1. The molecule has 0 saturated carbocycles. The van der Waals surface area contributed by atoms with E-state index < -0.39 is 0 Å². The van der Waals surface area contributed by atoms with Crippen molar-refractivity contribution >= 4 is 39.1 Å². The quantitative estimate of drug-likeness (QED) is 0.708. The summed E-state index contributed by atoms with van der Waals surface area (Å²) in [5, 5.41) is 0.104. The molecule has 1 amide bonds. The first-order valence-corrected chi connectivity index (χ1v) is 7.88. The molecule has 114 valence electrons. The number of carbonyl (C=O) groups excluding carboxylic acids is 1. The van der Waals surface area contributed by atoms with Gasteiger partial charge in [0, 0.05) is 10.2 Å². The highest BCUT2D eigenvalue weighted by Crippen LogP contribution is 2.31. The zero-order valence-corrected chi connectivity index (χ0v) is 14.4. The van der Waals surface area contributed by atoms with Gasteiger partial charge in [-0.2, -0.15) is 0 Å². The van der Waals surface area contributed by atoms with Gasteiger partial charge in [-0.15, -0.1) is 0 Å². The SMILES string of the molecule is Cc1cc(N2CCOc3ncnc(Cl)c3C2=O)cc(C)c1Br. The monoisotopic (exact) mass is 381 g/mol. The molecule has 7 heteroatoms. The third kappa shape index (κ3) is 2.57. The first-order valence-electron chi connectivity index (χ1n) is 6.71. The fourth-order valence-electron chi connectivity index (χ4n) is 2.43. The van der Waals surface area contributed by atoms with Crippen LogP contribution in [0.1, 0.15) is 21.5 Å². The minimum Gasteiger partial charge on any atom is -0.475 e. The number of halogens is 2. The molecule has 1 aromatic carbocycles. The molecule has 0 atom stereocenters. The normalized spacial score (nSPS) is 14.4. The van der Waals surface area contributed by atoms with Crippen molar-refractivity contribution in [3.63, 3.8) is 0 Å². The van der Waals surface area contributed by atoms with Gasteiger partial charge < -0.3 is 9.64 Å². The van der Waals surface area contributed by atoms with Crippen molar-refractivity contribution in [3.8, 4) is 5.88 Å². The second-order valence-electron chi connectivity index (χ2n) is 5.04. The number of aryl methyl sites for hydroxylation is 2. The molecular weight excluding hydrogens is 370 g/mol. The van der Waals surface area contributed by atoms with Gasteiger partial charge in [-0.25, -0.2) is 9.97 Å². The molecule has 2 heterocycles. The molecule has 0 radical (unpaired) electrons. The third-order valence-corrected chi connectivity index (χ3v) is 5.05. The lowest BCUT2D eigenvalue weighted by Gasteiger charge is -2.21. The van der Waals surface area contributed by atoms with Crippen LogP contribution in [0.2, 0.25) is 5.15 Å². The molecule has 0 unspecified atom stereocenters. The van der Waals surface area contributed by atoms with Gasteiger partial charge in [0.05, 0.1) is 6.54 Å². The number of fused-ring (bicyclic) bond motifs is 1. The molecule has 0 bridgehead atoms. The molecule has 0 aliphatic carbocycles. The topological polar surface area (TPSA) is 55.3 Å². The van der Waals surface area contributed by atoms with Crippen molar-refractivity contribution < 1.29 is 9.53 Å². The summed E-state index contributed by atoms with van der Waals surface area (Å²) >= 11 is 9.60. The second kappa shape index (κ2) is 5.85. The molecule has 1 aliphatic heterocycles. The maximum absolute atomic E-state index is 12.8. The van der Waals surface area contributed by atoms with Gasteiger partial charge in [0.15, 0.2) is 0 Å². The van der Waals surface area contributed by atoms with Crippen LogP contribution in [0.4, 0.5) is 5.69 Å². The summed E-state index contributed by atoms with van der Waals surface area (Å²) in [5.41, 5.74) is 3.13. The molecule has 1 aromatic heterocycles. The van der Waals surface area contributed by atoms with Crippen molar-refractivity contribution in [1.82, 2.24) is 9.97 Å². The standard InChI is InChI=1S/C15H13BrClN3O2/c1-8-5-10(6-9(2)12(8)16)20-3-4-22-14-11(15(20)21)13(17)18-7-19-14/h5-7H,3-4H2,1-2H3. The Morgan fingerprint density at radius 2 is 1.95 bits per heavy atom. The Morgan fingerprint density at radius 1 is 1.27 bits per heavy atom. The van der Waals surface area contributed by atoms with Crippen LogP contribution in [0.3, 0.4) is 0 Å². The van der Waals surface area contributed by atoms with Gasteiger partial charge in [0.1, 0.15) is 23.7 Å². The van der Waals surface area contributed by atoms with Crippen LogP contribution in [0.15, 0.2) is 22.9 Å². The fourth-order valence-corrected chi connectivity index (χ4v) is 2.87. The molecule has 2 aromatic rings. The van der Waals surface area contributed by atoms with Crippen LogP contribution in [-0.2, 0) is 0 Å². The first-order chi connectivity index (χ1) is 10.5. The summed E-state index contributed by atoms with van der Waals surface area (Å²) in [5.74, 6) is -0.0164. The van der Waals surface area contributed by atoms with E-state index in [-0.39, 0.29) is 22.5 Å². The third-order valence-electron chi connectivity index (χ3n) is 3.51. The number of anilines is 1. The van der Waals surface area contributed by atoms with E-state index in [1.807, 2.05) is 26.0 Å². The summed E-state index contributed by atoms with van der Waals surface area (Å²) < 4.78 is 6.57. The number of hydrogen-bond acceptors (Lipinski definition) is 4. The summed E-state index contributed by atoms with van der Waals surface area (Å²) in [4.78, 5) is 22.4. The Bertz CT molecular complexity index is 743. The van der Waals surface area contributed by atoms with Gasteiger partial charge in [-0.1, -0.05) is 27.5 Å². The Labute approximate surface area is 141 Å². The van der Waals surface area contributed by atoms with E-state index in [4.69, 9.17) is 16.3 Å². The number of carbonyl (C=O) groups is 1. The van der Waals surface area contributed by atoms with E-state index >= 15 is 0 Å². The molecule has 0 saturated heterocycles. The number of benzene rings is 1. The maximum atomic E-state index is 12.8. The Balaban J connectivity index is 2.09. The number of nitrogens with zero attached hydrogens (tertiary/aromatic N) is 3. The van der Waals surface area contributed by atoms with Gasteiger partial charge in [-0.05, 0) is 37.1 Å². The highest BCUT2D eigenvalue weighted by molar-refractivity contribution is 9.10. The van der Waals surface area contributed by atoms with Crippen LogP contribution in [0.25, 0.3) is 0 Å². The summed E-state index contributed by atoms with van der Waals surface area (Å²) in [6, 6.07) is 3.91. The molecule has 22 heavy (non-hydrogen) atoms. The number of hydrogen-bond donors (Lipinski definition) is 0. The average Bonchev–Trinajstić information content (AvgIpc) is 2.64. The molecule has 1 aliphatic rings. The Kier molecular flexibility index (Phi) is 4.06. The van der Waals surface area contributed by atoms with E-state index in [0.717, 1.165) is 21.3 Å². The lowest BCUT2D eigenvalue weighted by molar-refractivity contribution is 0.0989. The van der Waals surface area contributed by atoms with Gasteiger partial charge in [-0.3, -0.25) is 4.79 Å². The van der Waals surface area contributed by atoms with E-state index in [1.165, 1.54) is 6.33 Å². The second-order valence-corrected chi connectivity index (χ2v) is 6.19. The molecule has 0 spiro atoms. The van der Waals surface area contributed by atoms with Crippen LogP contribution in [0.5, 0.6) is 5.88 Å². The summed E-state index contributed by atoms with van der Waals surface area (Å²) in [7, 11) is 0. The van der Waals surface area contributed by atoms with Crippen molar-refractivity contribution in [3.05, 3.63) is 44.8 Å². The first kappa shape index (κ1) is 15.2. The van der Waals surface area contributed by atoms with Gasteiger partial charge in [0.2, 0.25) is 5.88 Å². The van der Waals surface area contributed by atoms with Crippen molar-refractivity contribution in [2.45, 2.75) is 13.8 Å². The molecule has 3 rings (SSSR count). The lowest BCUT2D eigenvalue weighted by Crippen LogP contribution is -2.32. The van der Waals surface area contributed by atoms with Crippen LogP contribution >= 0.6 is 27.5 Å². The number of aromatic nitrogens is 2. The minimum absolute atomic E-state index is 0.104. The molecule has 5 nitrogen and oxygen atoms in total. The lowest BCUT2D eigenvalue weighted by atomic mass is 10.1. The van der Waals surface area contributed by atoms with Crippen molar-refractivity contribution in [1.29, 1.82) is 0 Å². The zero-order chi connectivity index (χ0) is 15.9. The van der Waals surface area contributed by atoms with Crippen LogP contribution in [-0.4, -0.2) is 29.0 Å². The molecule has 0 N–H and O–H groups in total. The number of ether oxygens (including phenoxy) is 1. The highest BCUT2D eigenvalue weighted by Gasteiger charge is 2.29. The zero-order valence-electron chi connectivity index (χ0n) is 12.1. The van der Waals surface area contributed by atoms with Crippen molar-refractivity contribution in [2.24, 2.45) is 0 Å². The maximum Gasteiger partial charge on any atom is 0.267 e. The van der Waals surface area contributed by atoms with Gasteiger partial charge in [0.25, 0.3) is 5.91 Å². The Morgan fingerprint density at radius 3 is 2.64 bits per heavy atom. The van der Waals surface area contributed by atoms with Crippen LogP contribution in [0, 0.1) is 13.8 Å². The Hall–Kier alpha value is -1.66. The average molecular weight is 383 g/mol. The summed E-state index contributed by atoms with van der Waals surface area (Å²) in [6.45, 7) is 4.75. The smallest absolute Gasteiger partial charge is 0.267 e. The highest BCUT2D eigenvalue weighted by atomic mass is 79.9. The minimum atomic E-state index is -0.251. The van der Waals surface area contributed by atoms with Gasteiger partial charge >= 0.3 is 0 Å². The molecular formula is C15H13BrClN3O2. The van der Waals surface area contributed by atoms with E-state index in [9.17, 15) is 4.79 Å². The van der Waals surface area contributed by atoms with E-state index in [2.05, 4.69) is 25.9 Å². The number of rotatable bonds is 1. The van der Waals surface area contributed by atoms with Crippen LogP contribution < -0.4 is 9.64 Å². The predicted molar refractivity (Wildman–Crippen MR) is 87.8 cm³/mol.